The highest BCUT2D eigenvalue weighted by molar-refractivity contribution is 6.33. The quantitative estimate of drug-likeness (QED) is 0.863. The van der Waals surface area contributed by atoms with E-state index in [2.05, 4.69) is 10.6 Å². The van der Waals surface area contributed by atoms with Crippen LogP contribution in [-0.4, -0.2) is 17.9 Å². The largest absolute Gasteiger partial charge is 0.350 e. The Labute approximate surface area is 145 Å². The molecule has 0 unspecified atom stereocenters. The van der Waals surface area contributed by atoms with Crippen LogP contribution in [0.5, 0.6) is 0 Å². The molecule has 0 saturated carbocycles. The zero-order chi connectivity index (χ0) is 17.7. The predicted molar refractivity (Wildman–Crippen MR) is 92.8 cm³/mol. The van der Waals surface area contributed by atoms with Gasteiger partial charge < -0.3 is 10.6 Å². The van der Waals surface area contributed by atoms with Gasteiger partial charge in [-0.1, -0.05) is 23.7 Å². The van der Waals surface area contributed by atoms with Crippen LogP contribution in [-0.2, 0) is 11.2 Å². The Bertz CT molecular complexity index is 762. The van der Waals surface area contributed by atoms with E-state index in [1.54, 1.807) is 24.3 Å². The maximum absolute atomic E-state index is 13.2. The van der Waals surface area contributed by atoms with Gasteiger partial charge in [0, 0.05) is 11.6 Å². The van der Waals surface area contributed by atoms with Crippen molar-refractivity contribution in [1.82, 2.24) is 5.32 Å². The molecule has 0 bridgehead atoms. The number of hydrogen-bond donors (Lipinski definition) is 2. The summed E-state index contributed by atoms with van der Waals surface area (Å²) in [6.45, 7) is 3.71. The maximum atomic E-state index is 13.2. The molecule has 0 aliphatic heterocycles. The van der Waals surface area contributed by atoms with Crippen molar-refractivity contribution in [2.24, 2.45) is 0 Å². The first-order chi connectivity index (χ1) is 11.3. The first kappa shape index (κ1) is 17.9. The Kier molecular flexibility index (Phi) is 5.93. The molecule has 0 aromatic heterocycles. The van der Waals surface area contributed by atoms with Crippen LogP contribution in [0.1, 0.15) is 29.8 Å². The Hall–Kier alpha value is -2.40. The van der Waals surface area contributed by atoms with Gasteiger partial charge >= 0.3 is 0 Å². The Morgan fingerprint density at radius 2 is 1.92 bits per heavy atom. The van der Waals surface area contributed by atoms with E-state index in [1.807, 2.05) is 13.8 Å². The van der Waals surface area contributed by atoms with E-state index in [0.29, 0.717) is 21.8 Å². The van der Waals surface area contributed by atoms with Crippen LogP contribution in [0.3, 0.4) is 0 Å². The van der Waals surface area contributed by atoms with Crippen molar-refractivity contribution >= 4 is 29.1 Å². The molecule has 4 nitrogen and oxygen atoms in total. The van der Waals surface area contributed by atoms with Gasteiger partial charge in [-0.05, 0) is 49.7 Å². The molecule has 0 fully saturated rings. The monoisotopic (exact) mass is 348 g/mol. The van der Waals surface area contributed by atoms with Crippen molar-refractivity contribution in [2.45, 2.75) is 26.3 Å². The summed E-state index contributed by atoms with van der Waals surface area (Å²) in [7, 11) is 0. The number of carbonyl (C=O) groups is 2. The molecular formula is C18H18ClFN2O2. The minimum absolute atomic E-state index is 0.000744. The van der Waals surface area contributed by atoms with E-state index >= 15 is 0 Å². The van der Waals surface area contributed by atoms with Crippen molar-refractivity contribution in [2.75, 3.05) is 5.32 Å². The molecule has 0 aliphatic carbocycles. The third-order valence-electron chi connectivity index (χ3n) is 3.18. The van der Waals surface area contributed by atoms with Crippen LogP contribution >= 0.6 is 11.6 Å². The van der Waals surface area contributed by atoms with Crippen LogP contribution in [0.25, 0.3) is 0 Å². The maximum Gasteiger partial charge on any atom is 0.251 e. The van der Waals surface area contributed by atoms with E-state index in [4.69, 9.17) is 11.6 Å². The summed E-state index contributed by atoms with van der Waals surface area (Å²) in [6.07, 6.45) is 0.0104. The molecule has 0 spiro atoms. The van der Waals surface area contributed by atoms with Crippen LogP contribution in [0.2, 0.25) is 5.02 Å². The van der Waals surface area contributed by atoms with Gasteiger partial charge in [0.15, 0.2) is 0 Å². The second-order valence-electron chi connectivity index (χ2n) is 5.68. The lowest BCUT2D eigenvalue weighted by atomic mass is 10.1. The Morgan fingerprint density at radius 3 is 2.58 bits per heavy atom. The molecule has 0 aliphatic rings. The van der Waals surface area contributed by atoms with Gasteiger partial charge in [0.1, 0.15) is 5.82 Å². The summed E-state index contributed by atoms with van der Waals surface area (Å²) >= 11 is 6.07. The zero-order valence-corrected chi connectivity index (χ0v) is 14.2. The van der Waals surface area contributed by atoms with E-state index in [-0.39, 0.29) is 24.3 Å². The molecule has 6 heteroatoms. The first-order valence-corrected chi connectivity index (χ1v) is 7.87. The molecule has 0 heterocycles. The number of amides is 2. The average molecular weight is 349 g/mol. The van der Waals surface area contributed by atoms with E-state index in [9.17, 15) is 14.0 Å². The SMILES string of the molecule is CC(C)NC(=O)c1ccc(Cl)c(NC(=O)Cc2cccc(F)c2)c1. The van der Waals surface area contributed by atoms with E-state index in [0.717, 1.165) is 0 Å². The Morgan fingerprint density at radius 1 is 1.17 bits per heavy atom. The van der Waals surface area contributed by atoms with Crippen molar-refractivity contribution in [3.05, 3.63) is 64.4 Å². The number of rotatable bonds is 5. The third kappa shape index (κ3) is 5.06. The summed E-state index contributed by atoms with van der Waals surface area (Å²) in [5, 5.41) is 5.74. The van der Waals surface area contributed by atoms with Gasteiger partial charge in [-0.15, -0.1) is 0 Å². The first-order valence-electron chi connectivity index (χ1n) is 7.50. The topological polar surface area (TPSA) is 58.2 Å². The van der Waals surface area contributed by atoms with Gasteiger partial charge in [-0.25, -0.2) is 4.39 Å². The lowest BCUT2D eigenvalue weighted by molar-refractivity contribution is -0.115. The fraction of sp³-hybridized carbons (Fsp3) is 0.222. The molecule has 2 N–H and O–H groups in total. The lowest BCUT2D eigenvalue weighted by Crippen LogP contribution is -2.30. The van der Waals surface area contributed by atoms with Crippen molar-refractivity contribution in [3.63, 3.8) is 0 Å². The van der Waals surface area contributed by atoms with E-state index in [1.165, 1.54) is 18.2 Å². The molecule has 24 heavy (non-hydrogen) atoms. The number of benzene rings is 2. The standard InChI is InChI=1S/C18H18ClFN2O2/c1-11(2)21-18(24)13-6-7-15(19)16(10-13)22-17(23)9-12-4-3-5-14(20)8-12/h3-8,10-11H,9H2,1-2H3,(H,21,24)(H,22,23). The number of halogens is 2. The van der Waals surface area contributed by atoms with E-state index < -0.39 is 5.82 Å². The number of nitrogens with one attached hydrogen (secondary N) is 2. The third-order valence-corrected chi connectivity index (χ3v) is 3.51. The zero-order valence-electron chi connectivity index (χ0n) is 13.4. The van der Waals surface area contributed by atoms with Crippen molar-refractivity contribution in [1.29, 1.82) is 0 Å². The minimum atomic E-state index is -0.398. The molecule has 0 saturated heterocycles. The number of hydrogen-bond acceptors (Lipinski definition) is 2. The fourth-order valence-electron chi connectivity index (χ4n) is 2.13. The number of anilines is 1. The normalized spacial score (nSPS) is 10.5. The highest BCUT2D eigenvalue weighted by Gasteiger charge is 2.12. The van der Waals surface area contributed by atoms with Gasteiger partial charge in [-0.2, -0.15) is 0 Å². The fourth-order valence-corrected chi connectivity index (χ4v) is 2.30. The molecule has 2 amide bonds. The highest BCUT2D eigenvalue weighted by atomic mass is 35.5. The van der Waals surface area contributed by atoms with Gasteiger partial charge in [-0.3, -0.25) is 9.59 Å². The highest BCUT2D eigenvalue weighted by Crippen LogP contribution is 2.23. The molecule has 2 aromatic rings. The lowest BCUT2D eigenvalue weighted by Gasteiger charge is -2.11. The summed E-state index contributed by atoms with van der Waals surface area (Å²) in [5.41, 5.74) is 1.29. The summed E-state index contributed by atoms with van der Waals surface area (Å²) in [5.74, 6) is -0.989. The second-order valence-corrected chi connectivity index (χ2v) is 6.08. The van der Waals surface area contributed by atoms with Crippen LogP contribution in [0, 0.1) is 5.82 Å². The van der Waals surface area contributed by atoms with Crippen LogP contribution in [0.4, 0.5) is 10.1 Å². The predicted octanol–water partition coefficient (Wildman–Crippen LogP) is 3.80. The molecular weight excluding hydrogens is 331 g/mol. The van der Waals surface area contributed by atoms with Crippen molar-refractivity contribution < 1.29 is 14.0 Å². The molecule has 0 atom stereocenters. The summed E-state index contributed by atoms with van der Waals surface area (Å²) < 4.78 is 13.2. The number of carbonyl (C=O) groups excluding carboxylic acids is 2. The Balaban J connectivity index is 2.11. The van der Waals surface area contributed by atoms with Gasteiger partial charge in [0.05, 0.1) is 17.1 Å². The van der Waals surface area contributed by atoms with Crippen LogP contribution < -0.4 is 10.6 Å². The molecule has 0 radical (unpaired) electrons. The smallest absolute Gasteiger partial charge is 0.251 e. The van der Waals surface area contributed by atoms with Crippen molar-refractivity contribution in [3.8, 4) is 0 Å². The van der Waals surface area contributed by atoms with Gasteiger partial charge in [0.2, 0.25) is 5.91 Å². The summed E-state index contributed by atoms with van der Waals surface area (Å²) in [6, 6.07) is 10.5. The minimum Gasteiger partial charge on any atom is -0.350 e. The summed E-state index contributed by atoms with van der Waals surface area (Å²) in [4.78, 5) is 24.1. The second kappa shape index (κ2) is 7.93. The van der Waals surface area contributed by atoms with Crippen LogP contribution in [0.15, 0.2) is 42.5 Å². The average Bonchev–Trinajstić information content (AvgIpc) is 2.48. The van der Waals surface area contributed by atoms with Gasteiger partial charge in [0.25, 0.3) is 5.91 Å². The molecule has 2 aromatic carbocycles. The molecule has 2 rings (SSSR count). The molecule has 126 valence electrons.